The van der Waals surface area contributed by atoms with Gasteiger partial charge in [0, 0.05) is 11.6 Å². The van der Waals surface area contributed by atoms with E-state index in [0.717, 1.165) is 5.56 Å². The van der Waals surface area contributed by atoms with Gasteiger partial charge in [-0.2, -0.15) is 0 Å². The normalized spacial score (nSPS) is 10.6. The summed E-state index contributed by atoms with van der Waals surface area (Å²) in [6, 6.07) is 14.5. The van der Waals surface area contributed by atoms with E-state index in [1.165, 1.54) is 12.1 Å². The average Bonchev–Trinajstić information content (AvgIpc) is 2.89. The number of aromatic hydroxyl groups is 1. The van der Waals surface area contributed by atoms with E-state index in [4.69, 9.17) is 4.52 Å². The molecule has 0 fully saturated rings. The quantitative estimate of drug-likeness (QED) is 0.756. The molecule has 3 nitrogen and oxygen atoms in total. The Hall–Kier alpha value is -2.62. The number of nitrogens with zero attached hydrogens (tertiary/aromatic N) is 1. The minimum absolute atomic E-state index is 0.129. The summed E-state index contributed by atoms with van der Waals surface area (Å²) in [6.07, 6.45) is 0. The number of hydrogen-bond donors (Lipinski definition) is 1. The van der Waals surface area contributed by atoms with E-state index in [0.29, 0.717) is 17.0 Å². The summed E-state index contributed by atoms with van der Waals surface area (Å²) in [6.45, 7) is 0. The molecule has 94 valence electrons. The lowest BCUT2D eigenvalue weighted by Gasteiger charge is -1.97. The fourth-order valence-corrected chi connectivity index (χ4v) is 1.84. The van der Waals surface area contributed by atoms with Crippen LogP contribution >= 0.6 is 0 Å². The summed E-state index contributed by atoms with van der Waals surface area (Å²) in [5.74, 6) is 0.301. The number of para-hydroxylation sites is 1. The summed E-state index contributed by atoms with van der Waals surface area (Å²) in [7, 11) is 0. The highest BCUT2D eigenvalue weighted by atomic mass is 19.1. The Morgan fingerprint density at radius 3 is 2.47 bits per heavy atom. The molecule has 4 heteroatoms. The molecule has 0 unspecified atom stereocenters. The molecule has 3 aromatic rings. The summed E-state index contributed by atoms with van der Waals surface area (Å²) >= 11 is 0. The zero-order valence-corrected chi connectivity index (χ0v) is 9.88. The van der Waals surface area contributed by atoms with Gasteiger partial charge in [-0.1, -0.05) is 17.3 Å². The van der Waals surface area contributed by atoms with Crippen molar-refractivity contribution in [3.05, 3.63) is 60.4 Å². The SMILES string of the molecule is Oc1ccccc1-c1cc(-c2ccc(F)cc2)no1. The fraction of sp³-hybridized carbons (Fsp3) is 0. The molecule has 0 saturated carbocycles. The van der Waals surface area contributed by atoms with Crippen LogP contribution in [0.3, 0.4) is 0 Å². The van der Waals surface area contributed by atoms with Gasteiger partial charge in [0.05, 0.1) is 5.56 Å². The molecule has 0 spiro atoms. The molecule has 0 atom stereocenters. The first-order chi connectivity index (χ1) is 9.24. The summed E-state index contributed by atoms with van der Waals surface area (Å²) < 4.78 is 18.1. The van der Waals surface area contributed by atoms with E-state index in [1.807, 2.05) is 0 Å². The third-order valence-corrected chi connectivity index (χ3v) is 2.82. The molecule has 0 aliphatic heterocycles. The van der Waals surface area contributed by atoms with Crippen LogP contribution in [0.5, 0.6) is 5.75 Å². The van der Waals surface area contributed by atoms with Crippen molar-refractivity contribution in [2.45, 2.75) is 0 Å². The molecule has 19 heavy (non-hydrogen) atoms. The lowest BCUT2D eigenvalue weighted by Crippen LogP contribution is -1.77. The van der Waals surface area contributed by atoms with Crippen LogP contribution in [0.15, 0.2) is 59.1 Å². The predicted molar refractivity (Wildman–Crippen MR) is 69.0 cm³/mol. The summed E-state index contributed by atoms with van der Waals surface area (Å²) in [4.78, 5) is 0. The van der Waals surface area contributed by atoms with Gasteiger partial charge >= 0.3 is 0 Å². The molecule has 0 saturated heterocycles. The molecular weight excluding hydrogens is 245 g/mol. The van der Waals surface area contributed by atoms with Crippen LogP contribution in [-0.4, -0.2) is 10.3 Å². The van der Waals surface area contributed by atoms with Gasteiger partial charge < -0.3 is 9.63 Å². The standard InChI is InChI=1S/C15H10FNO2/c16-11-7-5-10(6-8-11)13-9-15(19-17-13)12-3-1-2-4-14(12)18/h1-9,18H. The van der Waals surface area contributed by atoms with Crippen molar-refractivity contribution in [2.24, 2.45) is 0 Å². The number of phenolic OH excluding ortho intramolecular Hbond substituents is 1. The zero-order chi connectivity index (χ0) is 13.2. The van der Waals surface area contributed by atoms with E-state index >= 15 is 0 Å². The highest BCUT2D eigenvalue weighted by Crippen LogP contribution is 2.31. The minimum Gasteiger partial charge on any atom is -0.507 e. The van der Waals surface area contributed by atoms with Gasteiger partial charge in [0.25, 0.3) is 0 Å². The molecule has 2 aromatic carbocycles. The van der Waals surface area contributed by atoms with Crippen molar-refractivity contribution >= 4 is 0 Å². The van der Waals surface area contributed by atoms with E-state index in [2.05, 4.69) is 5.16 Å². The van der Waals surface area contributed by atoms with Crippen LogP contribution in [0.25, 0.3) is 22.6 Å². The van der Waals surface area contributed by atoms with Crippen molar-refractivity contribution in [1.82, 2.24) is 5.16 Å². The maximum Gasteiger partial charge on any atom is 0.171 e. The molecule has 0 bridgehead atoms. The predicted octanol–water partition coefficient (Wildman–Crippen LogP) is 3.85. The van der Waals surface area contributed by atoms with Crippen molar-refractivity contribution in [2.75, 3.05) is 0 Å². The molecule has 1 heterocycles. The monoisotopic (exact) mass is 255 g/mol. The van der Waals surface area contributed by atoms with Crippen LogP contribution in [-0.2, 0) is 0 Å². The molecule has 1 N–H and O–H groups in total. The molecule has 3 rings (SSSR count). The first kappa shape index (κ1) is 11.5. The van der Waals surface area contributed by atoms with Crippen LogP contribution in [0.2, 0.25) is 0 Å². The van der Waals surface area contributed by atoms with Crippen LogP contribution in [0.4, 0.5) is 4.39 Å². The van der Waals surface area contributed by atoms with Gasteiger partial charge in [0.15, 0.2) is 5.76 Å². The van der Waals surface area contributed by atoms with Gasteiger partial charge in [-0.15, -0.1) is 0 Å². The average molecular weight is 255 g/mol. The topological polar surface area (TPSA) is 46.3 Å². The Morgan fingerprint density at radius 2 is 1.74 bits per heavy atom. The lowest BCUT2D eigenvalue weighted by atomic mass is 10.1. The van der Waals surface area contributed by atoms with Gasteiger partial charge in [-0.25, -0.2) is 4.39 Å². The zero-order valence-electron chi connectivity index (χ0n) is 9.88. The Labute approximate surface area is 108 Å². The molecular formula is C15H10FNO2. The minimum atomic E-state index is -0.298. The van der Waals surface area contributed by atoms with Crippen molar-refractivity contribution in [3.63, 3.8) is 0 Å². The molecule has 0 amide bonds. The van der Waals surface area contributed by atoms with Gasteiger partial charge in [0.2, 0.25) is 0 Å². The number of halogens is 1. The maximum absolute atomic E-state index is 12.8. The third-order valence-electron chi connectivity index (χ3n) is 2.82. The Kier molecular flexibility index (Phi) is 2.76. The Morgan fingerprint density at radius 1 is 1.00 bits per heavy atom. The van der Waals surface area contributed by atoms with Crippen molar-refractivity contribution in [3.8, 4) is 28.3 Å². The molecule has 1 aromatic heterocycles. The number of benzene rings is 2. The van der Waals surface area contributed by atoms with Crippen LogP contribution in [0.1, 0.15) is 0 Å². The molecule has 0 radical (unpaired) electrons. The van der Waals surface area contributed by atoms with Gasteiger partial charge in [-0.3, -0.25) is 0 Å². The van der Waals surface area contributed by atoms with E-state index in [-0.39, 0.29) is 11.6 Å². The van der Waals surface area contributed by atoms with Gasteiger partial charge in [0.1, 0.15) is 17.3 Å². The third kappa shape index (κ3) is 2.20. The Bertz CT molecular complexity index is 704. The lowest BCUT2D eigenvalue weighted by molar-refractivity contribution is 0.428. The number of rotatable bonds is 2. The summed E-state index contributed by atoms with van der Waals surface area (Å²) in [5, 5.41) is 13.7. The highest BCUT2D eigenvalue weighted by molar-refractivity contribution is 5.70. The first-order valence-electron chi connectivity index (χ1n) is 5.75. The van der Waals surface area contributed by atoms with E-state index in [1.54, 1.807) is 42.5 Å². The van der Waals surface area contributed by atoms with Crippen LogP contribution in [0, 0.1) is 5.82 Å². The fourth-order valence-electron chi connectivity index (χ4n) is 1.84. The smallest absolute Gasteiger partial charge is 0.171 e. The Balaban J connectivity index is 2.00. The van der Waals surface area contributed by atoms with E-state index in [9.17, 15) is 9.50 Å². The second-order valence-corrected chi connectivity index (χ2v) is 4.10. The highest BCUT2D eigenvalue weighted by Gasteiger charge is 2.11. The van der Waals surface area contributed by atoms with Crippen molar-refractivity contribution < 1.29 is 14.0 Å². The summed E-state index contributed by atoms with van der Waals surface area (Å²) in [5.41, 5.74) is 1.92. The number of hydrogen-bond acceptors (Lipinski definition) is 3. The maximum atomic E-state index is 12.8. The second kappa shape index (κ2) is 4.57. The van der Waals surface area contributed by atoms with E-state index < -0.39 is 0 Å². The molecule has 0 aliphatic carbocycles. The second-order valence-electron chi connectivity index (χ2n) is 4.10. The number of phenols is 1. The van der Waals surface area contributed by atoms with Crippen molar-refractivity contribution in [1.29, 1.82) is 0 Å². The first-order valence-corrected chi connectivity index (χ1v) is 5.75. The molecule has 0 aliphatic rings. The largest absolute Gasteiger partial charge is 0.507 e. The van der Waals surface area contributed by atoms with Crippen LogP contribution < -0.4 is 0 Å². The van der Waals surface area contributed by atoms with Gasteiger partial charge in [-0.05, 0) is 36.4 Å². The number of aromatic nitrogens is 1.